The van der Waals surface area contributed by atoms with Gasteiger partial charge in [-0.15, -0.1) is 11.3 Å². The Morgan fingerprint density at radius 3 is 2.67 bits per heavy atom. The van der Waals surface area contributed by atoms with Gasteiger partial charge in [-0.05, 0) is 50.1 Å². The van der Waals surface area contributed by atoms with Gasteiger partial charge in [-0.2, -0.15) is 0 Å². The van der Waals surface area contributed by atoms with Gasteiger partial charge in [-0.25, -0.2) is 0 Å². The molecule has 21 heavy (non-hydrogen) atoms. The molecule has 0 bridgehead atoms. The van der Waals surface area contributed by atoms with Gasteiger partial charge in [0.1, 0.15) is 5.75 Å². The topological polar surface area (TPSA) is 21.3 Å². The molecular formula is C17H22ClNOS. The van der Waals surface area contributed by atoms with Crippen molar-refractivity contribution in [3.8, 4) is 5.75 Å². The van der Waals surface area contributed by atoms with E-state index in [0.29, 0.717) is 11.6 Å². The molecule has 0 saturated carbocycles. The first-order valence-electron chi connectivity index (χ1n) is 7.41. The van der Waals surface area contributed by atoms with E-state index < -0.39 is 0 Å². The minimum Gasteiger partial charge on any atom is -0.492 e. The summed E-state index contributed by atoms with van der Waals surface area (Å²) in [5.41, 5.74) is 1.02. The van der Waals surface area contributed by atoms with Crippen LogP contribution in [0.5, 0.6) is 5.75 Å². The predicted molar refractivity (Wildman–Crippen MR) is 93.0 cm³/mol. The molecule has 0 aliphatic rings. The number of rotatable bonds is 7. The highest BCUT2D eigenvalue weighted by atomic mass is 35.5. The molecule has 0 aliphatic carbocycles. The maximum absolute atomic E-state index is 6.26. The summed E-state index contributed by atoms with van der Waals surface area (Å²) in [7, 11) is 0. The third-order valence-corrected chi connectivity index (χ3v) is 4.94. The van der Waals surface area contributed by atoms with E-state index in [1.807, 2.05) is 29.5 Å². The highest BCUT2D eigenvalue weighted by molar-refractivity contribution is 7.12. The Hall–Kier alpha value is -1.19. The van der Waals surface area contributed by atoms with E-state index in [-0.39, 0.29) is 6.04 Å². The van der Waals surface area contributed by atoms with Crippen LogP contribution in [0.3, 0.4) is 0 Å². The number of ether oxygens (including phenoxy) is 1. The van der Waals surface area contributed by atoms with Gasteiger partial charge >= 0.3 is 0 Å². The highest BCUT2D eigenvalue weighted by Gasteiger charge is 2.10. The Bertz CT molecular complexity index is 582. The molecule has 1 aromatic carbocycles. The summed E-state index contributed by atoms with van der Waals surface area (Å²) >= 11 is 8.12. The quantitative estimate of drug-likeness (QED) is 0.682. The van der Waals surface area contributed by atoms with Crippen LogP contribution in [0.1, 0.15) is 43.0 Å². The minimum atomic E-state index is 0.272. The second-order valence-electron chi connectivity index (χ2n) is 5.02. The van der Waals surface area contributed by atoms with Crippen molar-refractivity contribution in [1.82, 2.24) is 0 Å². The fourth-order valence-corrected chi connectivity index (χ4v) is 3.25. The second kappa shape index (κ2) is 7.71. The van der Waals surface area contributed by atoms with Gasteiger partial charge in [0.15, 0.2) is 0 Å². The molecule has 0 amide bonds. The van der Waals surface area contributed by atoms with Crippen LogP contribution in [0.4, 0.5) is 5.69 Å². The molecule has 1 heterocycles. The number of anilines is 1. The van der Waals surface area contributed by atoms with E-state index >= 15 is 0 Å². The van der Waals surface area contributed by atoms with Crippen LogP contribution in [-0.4, -0.2) is 6.61 Å². The number of benzene rings is 1. The number of thiophene rings is 1. The van der Waals surface area contributed by atoms with Crippen molar-refractivity contribution < 1.29 is 4.74 Å². The van der Waals surface area contributed by atoms with Gasteiger partial charge in [0.2, 0.25) is 0 Å². The smallest absolute Gasteiger partial charge is 0.138 e. The Labute approximate surface area is 136 Å². The summed E-state index contributed by atoms with van der Waals surface area (Å²) in [5, 5.41) is 4.14. The van der Waals surface area contributed by atoms with E-state index in [1.54, 1.807) is 0 Å². The molecule has 0 spiro atoms. The van der Waals surface area contributed by atoms with Crippen LogP contribution in [0.25, 0.3) is 0 Å². The van der Waals surface area contributed by atoms with Crippen molar-refractivity contribution in [3.63, 3.8) is 0 Å². The summed E-state index contributed by atoms with van der Waals surface area (Å²) in [6.07, 6.45) is 2.07. The zero-order valence-corrected chi connectivity index (χ0v) is 14.4. The zero-order valence-electron chi connectivity index (χ0n) is 12.8. The van der Waals surface area contributed by atoms with E-state index in [1.165, 1.54) is 9.75 Å². The van der Waals surface area contributed by atoms with Crippen LogP contribution >= 0.6 is 22.9 Å². The Morgan fingerprint density at radius 1 is 1.24 bits per heavy atom. The zero-order chi connectivity index (χ0) is 15.2. The summed E-state index contributed by atoms with van der Waals surface area (Å²) in [5.74, 6) is 0.751. The van der Waals surface area contributed by atoms with Gasteiger partial charge in [0.05, 0.1) is 17.7 Å². The molecule has 1 aromatic heterocycles. The first kappa shape index (κ1) is 16.2. The Kier molecular flexibility index (Phi) is 5.95. The lowest BCUT2D eigenvalue weighted by molar-refractivity contribution is 0.317. The molecule has 0 saturated heterocycles. The third kappa shape index (κ3) is 4.39. The molecule has 2 rings (SSSR count). The summed E-state index contributed by atoms with van der Waals surface area (Å²) < 4.78 is 5.59. The summed E-state index contributed by atoms with van der Waals surface area (Å²) in [4.78, 5) is 2.76. The first-order chi connectivity index (χ1) is 10.1. The van der Waals surface area contributed by atoms with Crippen LogP contribution in [0, 0.1) is 0 Å². The highest BCUT2D eigenvalue weighted by Crippen LogP contribution is 2.31. The summed E-state index contributed by atoms with van der Waals surface area (Å²) in [6.45, 7) is 7.12. The average molecular weight is 324 g/mol. The summed E-state index contributed by atoms with van der Waals surface area (Å²) in [6, 6.07) is 10.5. The molecular weight excluding hydrogens is 302 g/mol. The molecule has 2 nitrogen and oxygen atoms in total. The van der Waals surface area contributed by atoms with Gasteiger partial charge in [-0.3, -0.25) is 0 Å². The number of aryl methyl sites for hydroxylation is 1. The maximum atomic E-state index is 6.26. The number of hydrogen-bond acceptors (Lipinski definition) is 3. The van der Waals surface area contributed by atoms with Crippen LogP contribution in [0.15, 0.2) is 30.3 Å². The van der Waals surface area contributed by atoms with Gasteiger partial charge in [0, 0.05) is 15.4 Å². The monoisotopic (exact) mass is 323 g/mol. The Morgan fingerprint density at radius 2 is 2.05 bits per heavy atom. The minimum absolute atomic E-state index is 0.272. The average Bonchev–Trinajstić information content (AvgIpc) is 2.95. The normalized spacial score (nSPS) is 12.2. The standard InChI is InChI=1S/C17H22ClNOS/c1-4-10-20-16-8-6-13(11-15(16)18)19-12(3)17-9-7-14(5-2)21-17/h6-9,11-12,19H,4-5,10H2,1-3H3. The maximum Gasteiger partial charge on any atom is 0.138 e. The van der Waals surface area contributed by atoms with Gasteiger partial charge in [-0.1, -0.05) is 25.4 Å². The molecule has 1 atom stereocenters. The van der Waals surface area contributed by atoms with Crippen molar-refractivity contribution in [1.29, 1.82) is 0 Å². The largest absolute Gasteiger partial charge is 0.492 e. The van der Waals surface area contributed by atoms with Crippen molar-refractivity contribution in [2.24, 2.45) is 0 Å². The molecule has 4 heteroatoms. The van der Waals surface area contributed by atoms with E-state index in [2.05, 4.69) is 38.2 Å². The van der Waals surface area contributed by atoms with E-state index in [0.717, 1.165) is 24.3 Å². The SMILES string of the molecule is CCCOc1ccc(NC(C)c2ccc(CC)s2)cc1Cl. The van der Waals surface area contributed by atoms with Crippen molar-refractivity contribution in [3.05, 3.63) is 45.1 Å². The fourth-order valence-electron chi connectivity index (χ4n) is 2.06. The lowest BCUT2D eigenvalue weighted by Crippen LogP contribution is -2.05. The van der Waals surface area contributed by atoms with Crippen molar-refractivity contribution in [2.45, 2.75) is 39.7 Å². The molecule has 1 N–H and O–H groups in total. The van der Waals surface area contributed by atoms with Crippen molar-refractivity contribution in [2.75, 3.05) is 11.9 Å². The second-order valence-corrected chi connectivity index (χ2v) is 6.62. The molecule has 1 unspecified atom stereocenters. The third-order valence-electron chi connectivity index (χ3n) is 3.23. The van der Waals surface area contributed by atoms with Gasteiger partial charge < -0.3 is 10.1 Å². The van der Waals surface area contributed by atoms with Crippen LogP contribution < -0.4 is 10.1 Å². The van der Waals surface area contributed by atoms with Gasteiger partial charge in [0.25, 0.3) is 0 Å². The Balaban J connectivity index is 2.03. The van der Waals surface area contributed by atoms with Crippen LogP contribution in [-0.2, 0) is 6.42 Å². The number of halogens is 1. The number of hydrogen-bond donors (Lipinski definition) is 1. The lowest BCUT2D eigenvalue weighted by Gasteiger charge is -2.15. The molecule has 0 aliphatic heterocycles. The van der Waals surface area contributed by atoms with E-state index in [9.17, 15) is 0 Å². The van der Waals surface area contributed by atoms with Crippen LogP contribution in [0.2, 0.25) is 5.02 Å². The first-order valence-corrected chi connectivity index (χ1v) is 8.61. The predicted octanol–water partition coefficient (Wildman–Crippen LogP) is 5.93. The van der Waals surface area contributed by atoms with Crippen molar-refractivity contribution >= 4 is 28.6 Å². The molecule has 0 radical (unpaired) electrons. The molecule has 2 aromatic rings. The molecule has 0 fully saturated rings. The lowest BCUT2D eigenvalue weighted by atomic mass is 10.2. The van der Waals surface area contributed by atoms with E-state index in [4.69, 9.17) is 16.3 Å². The fraction of sp³-hybridized carbons (Fsp3) is 0.412. The molecule has 114 valence electrons. The number of nitrogens with one attached hydrogen (secondary N) is 1.